The molecule has 2 heterocycles. The summed E-state index contributed by atoms with van der Waals surface area (Å²) in [5.41, 5.74) is 1.13. The van der Waals surface area contributed by atoms with Crippen LogP contribution in [0, 0.1) is 0 Å². The lowest BCUT2D eigenvalue weighted by molar-refractivity contribution is 0.0407. The molecule has 1 aliphatic heterocycles. The molecule has 1 aromatic heterocycles. The molecule has 0 aliphatic carbocycles. The molecule has 1 fully saturated rings. The molecule has 0 radical (unpaired) electrons. The van der Waals surface area contributed by atoms with E-state index in [2.05, 4.69) is 15.3 Å². The molecule has 27 heavy (non-hydrogen) atoms. The number of carbonyl (C=O) groups excluding carboxylic acids is 1. The second kappa shape index (κ2) is 9.99. The Morgan fingerprint density at radius 2 is 2.04 bits per heavy atom. The summed E-state index contributed by atoms with van der Waals surface area (Å²) in [4.78, 5) is 23.5. The van der Waals surface area contributed by atoms with E-state index in [1.165, 1.54) is 0 Å². The van der Waals surface area contributed by atoms with Crippen LogP contribution in [0.2, 0.25) is 0 Å². The average Bonchev–Trinajstić information content (AvgIpc) is 2.70. The minimum Gasteiger partial charge on any atom is -0.383 e. The Bertz CT molecular complexity index is 720. The zero-order valence-corrected chi connectivity index (χ0v) is 15.6. The van der Waals surface area contributed by atoms with Crippen LogP contribution >= 0.6 is 0 Å². The van der Waals surface area contributed by atoms with Crippen LogP contribution in [0.1, 0.15) is 24.2 Å². The fourth-order valence-electron chi connectivity index (χ4n) is 3.15. The van der Waals surface area contributed by atoms with Crippen molar-refractivity contribution in [3.05, 3.63) is 54.0 Å². The van der Waals surface area contributed by atoms with Crippen molar-refractivity contribution in [2.24, 2.45) is 0 Å². The van der Waals surface area contributed by atoms with Crippen molar-refractivity contribution in [3.8, 4) is 0 Å². The van der Waals surface area contributed by atoms with Crippen molar-refractivity contribution in [1.82, 2.24) is 14.9 Å². The van der Waals surface area contributed by atoms with Crippen LogP contribution in [0.5, 0.6) is 0 Å². The molecule has 0 unspecified atom stereocenters. The first kappa shape index (κ1) is 19.3. The lowest BCUT2D eigenvalue weighted by Crippen LogP contribution is -2.47. The predicted octanol–water partition coefficient (Wildman–Crippen LogP) is 2.73. The Balaban J connectivity index is 1.66. The third-order valence-corrected chi connectivity index (χ3v) is 4.57. The maximum absolute atomic E-state index is 12.8. The monoisotopic (exact) mass is 370 g/mol. The minimum atomic E-state index is -0.164. The Labute approximate surface area is 159 Å². The highest BCUT2D eigenvalue weighted by atomic mass is 16.5. The number of nitrogens with one attached hydrogen (secondary N) is 1. The molecule has 2 aromatic rings. The molecule has 1 N–H and O–H groups in total. The van der Waals surface area contributed by atoms with Crippen molar-refractivity contribution < 1.29 is 14.3 Å². The van der Waals surface area contributed by atoms with Gasteiger partial charge in [-0.1, -0.05) is 30.3 Å². The van der Waals surface area contributed by atoms with Gasteiger partial charge in [0.25, 0.3) is 0 Å². The first-order chi connectivity index (χ1) is 13.3. The molecular formula is C20H26N4O3. The summed E-state index contributed by atoms with van der Waals surface area (Å²) in [6.45, 7) is 2.38. The van der Waals surface area contributed by atoms with Gasteiger partial charge in [-0.05, 0) is 24.5 Å². The van der Waals surface area contributed by atoms with Crippen LogP contribution in [0.4, 0.5) is 10.6 Å². The molecule has 144 valence electrons. The number of nitrogens with zero attached hydrogens (tertiary/aromatic N) is 3. The fourth-order valence-corrected chi connectivity index (χ4v) is 3.15. The first-order valence-electron chi connectivity index (χ1n) is 9.26. The SMILES string of the molecule is COCCN(C(=O)Nc1ccnc(Cc2ccccc2)n1)C1CCOCC1. The number of methoxy groups -OCH3 is 1. The largest absolute Gasteiger partial charge is 0.383 e. The zero-order valence-electron chi connectivity index (χ0n) is 15.6. The molecular weight excluding hydrogens is 344 g/mol. The maximum Gasteiger partial charge on any atom is 0.323 e. The molecule has 0 spiro atoms. The van der Waals surface area contributed by atoms with E-state index < -0.39 is 0 Å². The number of hydrogen-bond acceptors (Lipinski definition) is 5. The van der Waals surface area contributed by atoms with E-state index in [0.29, 0.717) is 44.4 Å². The van der Waals surface area contributed by atoms with Gasteiger partial charge >= 0.3 is 6.03 Å². The number of carbonyl (C=O) groups is 1. The number of urea groups is 1. The summed E-state index contributed by atoms with van der Waals surface area (Å²) >= 11 is 0. The molecule has 0 atom stereocenters. The van der Waals surface area contributed by atoms with E-state index in [1.54, 1.807) is 19.4 Å². The van der Waals surface area contributed by atoms with E-state index in [4.69, 9.17) is 9.47 Å². The fraction of sp³-hybridized carbons (Fsp3) is 0.450. The number of benzene rings is 1. The van der Waals surface area contributed by atoms with Gasteiger partial charge in [0, 0.05) is 45.5 Å². The topological polar surface area (TPSA) is 76.6 Å². The highest BCUT2D eigenvalue weighted by Gasteiger charge is 2.25. The maximum atomic E-state index is 12.8. The van der Waals surface area contributed by atoms with Gasteiger partial charge in [-0.3, -0.25) is 5.32 Å². The normalized spacial score (nSPS) is 14.7. The quantitative estimate of drug-likeness (QED) is 0.811. The lowest BCUT2D eigenvalue weighted by atomic mass is 10.1. The van der Waals surface area contributed by atoms with Gasteiger partial charge in [-0.2, -0.15) is 0 Å². The van der Waals surface area contributed by atoms with E-state index in [-0.39, 0.29) is 12.1 Å². The smallest absolute Gasteiger partial charge is 0.323 e. The standard InChI is InChI=1S/C20H26N4O3/c1-26-14-11-24(17-8-12-27-13-9-17)20(25)23-18-7-10-21-19(22-18)15-16-5-3-2-4-6-16/h2-7,10,17H,8-9,11-15H2,1H3,(H,21,22,23,25). The van der Waals surface area contributed by atoms with Gasteiger partial charge in [-0.15, -0.1) is 0 Å². The first-order valence-corrected chi connectivity index (χ1v) is 9.26. The Morgan fingerprint density at radius 3 is 2.78 bits per heavy atom. The molecule has 0 bridgehead atoms. The zero-order chi connectivity index (χ0) is 18.9. The van der Waals surface area contributed by atoms with Crippen LogP contribution < -0.4 is 5.32 Å². The summed E-state index contributed by atoms with van der Waals surface area (Å²) in [5.74, 6) is 1.18. The second-order valence-corrected chi connectivity index (χ2v) is 6.48. The molecule has 7 nitrogen and oxygen atoms in total. The van der Waals surface area contributed by atoms with Gasteiger partial charge < -0.3 is 14.4 Å². The number of ether oxygens (including phenoxy) is 2. The van der Waals surface area contributed by atoms with Crippen LogP contribution in [-0.4, -0.2) is 60.4 Å². The second-order valence-electron chi connectivity index (χ2n) is 6.48. The van der Waals surface area contributed by atoms with Gasteiger partial charge in [-0.25, -0.2) is 14.8 Å². The van der Waals surface area contributed by atoms with Crippen LogP contribution in [0.3, 0.4) is 0 Å². The molecule has 0 saturated carbocycles. The number of anilines is 1. The Morgan fingerprint density at radius 1 is 1.26 bits per heavy atom. The van der Waals surface area contributed by atoms with Crippen molar-refractivity contribution in [2.45, 2.75) is 25.3 Å². The van der Waals surface area contributed by atoms with Crippen molar-refractivity contribution in [2.75, 3.05) is 38.8 Å². The number of hydrogen-bond donors (Lipinski definition) is 1. The predicted molar refractivity (Wildman–Crippen MR) is 103 cm³/mol. The van der Waals surface area contributed by atoms with Gasteiger partial charge in [0.1, 0.15) is 11.6 Å². The summed E-state index contributed by atoms with van der Waals surface area (Å²) in [7, 11) is 1.64. The molecule has 7 heteroatoms. The van der Waals surface area contributed by atoms with Crippen LogP contribution in [0.15, 0.2) is 42.6 Å². The molecule has 1 saturated heterocycles. The third kappa shape index (κ3) is 5.74. The van der Waals surface area contributed by atoms with Gasteiger partial charge in [0.15, 0.2) is 0 Å². The van der Waals surface area contributed by atoms with E-state index in [9.17, 15) is 4.79 Å². The summed E-state index contributed by atoms with van der Waals surface area (Å²) in [6.07, 6.45) is 3.97. The van der Waals surface area contributed by atoms with Gasteiger partial charge in [0.2, 0.25) is 0 Å². The number of amides is 2. The van der Waals surface area contributed by atoms with Crippen LogP contribution in [-0.2, 0) is 15.9 Å². The molecule has 2 amide bonds. The Hall–Kier alpha value is -2.51. The Kier molecular flexibility index (Phi) is 7.12. The number of rotatable bonds is 7. The molecule has 1 aromatic carbocycles. The van der Waals surface area contributed by atoms with E-state index in [0.717, 1.165) is 18.4 Å². The van der Waals surface area contributed by atoms with Crippen LogP contribution in [0.25, 0.3) is 0 Å². The van der Waals surface area contributed by atoms with Crippen molar-refractivity contribution in [3.63, 3.8) is 0 Å². The summed E-state index contributed by atoms with van der Waals surface area (Å²) < 4.78 is 10.6. The average molecular weight is 370 g/mol. The molecule has 1 aliphatic rings. The lowest BCUT2D eigenvalue weighted by Gasteiger charge is -2.34. The highest BCUT2D eigenvalue weighted by Crippen LogP contribution is 2.16. The van der Waals surface area contributed by atoms with Crippen molar-refractivity contribution in [1.29, 1.82) is 0 Å². The summed E-state index contributed by atoms with van der Waals surface area (Å²) in [6, 6.07) is 11.7. The van der Waals surface area contributed by atoms with E-state index >= 15 is 0 Å². The highest BCUT2D eigenvalue weighted by molar-refractivity contribution is 5.88. The van der Waals surface area contributed by atoms with Crippen molar-refractivity contribution >= 4 is 11.8 Å². The molecule has 3 rings (SSSR count). The minimum absolute atomic E-state index is 0.152. The summed E-state index contributed by atoms with van der Waals surface area (Å²) in [5, 5.41) is 2.91. The number of aromatic nitrogens is 2. The third-order valence-electron chi connectivity index (χ3n) is 4.57. The van der Waals surface area contributed by atoms with Gasteiger partial charge in [0.05, 0.1) is 6.61 Å². The van der Waals surface area contributed by atoms with E-state index in [1.807, 2.05) is 35.2 Å².